The lowest BCUT2D eigenvalue weighted by atomic mass is 9.92. The Kier molecular flexibility index (Phi) is 11.2. The van der Waals surface area contributed by atoms with Crippen LogP contribution in [0.25, 0.3) is 0 Å². The van der Waals surface area contributed by atoms with E-state index in [9.17, 15) is 14.4 Å². The number of amides is 2. The first kappa shape index (κ1) is 29.8. The molecule has 0 aromatic rings. The maximum atomic E-state index is 13.4. The quantitative estimate of drug-likeness (QED) is 0.205. The molecule has 0 aromatic carbocycles. The molecule has 3 atom stereocenters. The van der Waals surface area contributed by atoms with Crippen LogP contribution < -0.4 is 10.6 Å². The van der Waals surface area contributed by atoms with Crippen LogP contribution in [0, 0.1) is 5.92 Å². The third-order valence-corrected chi connectivity index (χ3v) is 11.3. The maximum absolute atomic E-state index is 13.4. The second-order valence-corrected chi connectivity index (χ2v) is 16.3. The number of ether oxygens (including phenoxy) is 1. The molecule has 2 amide bonds. The number of hydrogen-bond donors (Lipinski definition) is 2. The Morgan fingerprint density at radius 3 is 2.15 bits per heavy atom. The van der Waals surface area contributed by atoms with E-state index in [0.717, 1.165) is 25.7 Å². The van der Waals surface area contributed by atoms with Crippen molar-refractivity contribution in [2.45, 2.75) is 123 Å². The van der Waals surface area contributed by atoms with Crippen molar-refractivity contribution in [1.29, 1.82) is 0 Å². The molecule has 1 rings (SSSR count). The monoisotopic (exact) mass is 484 g/mol. The Balaban J connectivity index is 2.74. The lowest BCUT2D eigenvalue weighted by Crippen LogP contribution is -2.54. The van der Waals surface area contributed by atoms with Crippen molar-refractivity contribution in [3.63, 3.8) is 0 Å². The fraction of sp³-hybridized carbons (Fsp3) is 0.880. The van der Waals surface area contributed by atoms with Gasteiger partial charge in [0, 0.05) is 6.42 Å². The molecule has 0 bridgehead atoms. The highest BCUT2D eigenvalue weighted by molar-refractivity contribution is 6.74. The van der Waals surface area contributed by atoms with E-state index in [2.05, 4.69) is 51.4 Å². The summed E-state index contributed by atoms with van der Waals surface area (Å²) >= 11 is 0. The fourth-order valence-corrected chi connectivity index (χ4v) is 4.33. The number of carbonyl (C=O) groups excluding carboxylic acids is 3. The summed E-state index contributed by atoms with van der Waals surface area (Å²) in [7, 11) is -2.04. The van der Waals surface area contributed by atoms with Gasteiger partial charge in [-0.25, -0.2) is 0 Å². The molecule has 33 heavy (non-hydrogen) atoms. The summed E-state index contributed by atoms with van der Waals surface area (Å²) in [5.74, 6) is -0.413. The third-order valence-electron chi connectivity index (χ3n) is 6.78. The van der Waals surface area contributed by atoms with Crippen molar-refractivity contribution in [3.8, 4) is 0 Å². The summed E-state index contributed by atoms with van der Waals surface area (Å²) in [6, 6.07) is -1.38. The minimum absolute atomic E-state index is 0.0296. The highest BCUT2D eigenvalue weighted by Gasteiger charge is 2.56. The van der Waals surface area contributed by atoms with Crippen molar-refractivity contribution in [1.82, 2.24) is 10.6 Å². The zero-order valence-electron chi connectivity index (χ0n) is 22.4. The molecule has 1 heterocycles. The second kappa shape index (κ2) is 12.5. The van der Waals surface area contributed by atoms with E-state index < -0.39 is 26.0 Å². The molecule has 1 aliphatic heterocycles. The number of nitrogens with one attached hydrogen (secondary N) is 2. The van der Waals surface area contributed by atoms with Crippen molar-refractivity contribution in [3.05, 3.63) is 0 Å². The molecule has 0 saturated carbocycles. The van der Waals surface area contributed by atoms with E-state index in [0.29, 0.717) is 19.4 Å². The Labute approximate surface area is 202 Å². The van der Waals surface area contributed by atoms with Crippen molar-refractivity contribution in [2.24, 2.45) is 5.92 Å². The number of unbranched alkanes of at least 4 members (excludes halogenated alkanes) is 3. The Bertz CT molecular complexity index is 668. The summed E-state index contributed by atoms with van der Waals surface area (Å²) in [4.78, 5) is 38.4. The van der Waals surface area contributed by atoms with E-state index >= 15 is 0 Å². The molecule has 1 aliphatic rings. The van der Waals surface area contributed by atoms with Crippen LogP contribution in [0.2, 0.25) is 18.1 Å². The van der Waals surface area contributed by atoms with E-state index in [4.69, 9.17) is 9.16 Å². The standard InChI is InChI=1S/C25H48N2O5Si/c1-10-11-12-13-14-21(28)26-19(4)23(30)27-20(15-18(2)3)22(29)25(16-31-25)17-32-33(8,9)24(5,6)7/h18-20H,10-17H2,1-9H3,(H,26,28)(H,27,30). The topological polar surface area (TPSA) is 97.0 Å². The number of hydrogen-bond acceptors (Lipinski definition) is 5. The number of carbonyl (C=O) groups is 3. The van der Waals surface area contributed by atoms with Crippen LogP contribution in [-0.4, -0.2) is 56.8 Å². The highest BCUT2D eigenvalue weighted by Crippen LogP contribution is 2.39. The van der Waals surface area contributed by atoms with Gasteiger partial charge in [-0.2, -0.15) is 0 Å². The zero-order chi connectivity index (χ0) is 25.4. The molecule has 0 aromatic heterocycles. The molecule has 2 N–H and O–H groups in total. The molecule has 1 saturated heterocycles. The highest BCUT2D eigenvalue weighted by atomic mass is 28.4. The largest absolute Gasteiger partial charge is 0.413 e. The molecular weight excluding hydrogens is 436 g/mol. The third kappa shape index (κ3) is 9.49. The summed E-state index contributed by atoms with van der Waals surface area (Å²) < 4.78 is 11.9. The van der Waals surface area contributed by atoms with Crippen molar-refractivity contribution < 1.29 is 23.5 Å². The molecule has 8 heteroatoms. The number of ketones is 1. The molecule has 3 unspecified atom stereocenters. The average molecular weight is 485 g/mol. The molecule has 1 fully saturated rings. The van der Waals surface area contributed by atoms with Crippen molar-refractivity contribution >= 4 is 25.9 Å². The molecular formula is C25H48N2O5Si. The van der Waals surface area contributed by atoms with Crippen LogP contribution in [-0.2, 0) is 23.5 Å². The van der Waals surface area contributed by atoms with E-state index in [1.807, 2.05) is 13.8 Å². The Morgan fingerprint density at radius 1 is 1.06 bits per heavy atom. The average Bonchev–Trinajstić information content (AvgIpc) is 3.48. The van der Waals surface area contributed by atoms with Gasteiger partial charge in [0.05, 0.1) is 19.3 Å². The fourth-order valence-electron chi connectivity index (χ4n) is 3.31. The first-order valence-corrected chi connectivity index (χ1v) is 15.5. The summed E-state index contributed by atoms with van der Waals surface area (Å²) in [6.07, 6.45) is 4.95. The van der Waals surface area contributed by atoms with E-state index in [1.165, 1.54) is 0 Å². The van der Waals surface area contributed by atoms with E-state index in [1.54, 1.807) is 6.92 Å². The molecule has 0 radical (unpaired) electrons. The number of Topliss-reactive ketones (excluding diaryl/α,β-unsaturated/α-hetero) is 1. The van der Waals surface area contributed by atoms with E-state index in [-0.39, 0.29) is 35.2 Å². The summed E-state index contributed by atoms with van der Waals surface area (Å²) in [5.41, 5.74) is -0.978. The smallest absolute Gasteiger partial charge is 0.242 e. The maximum Gasteiger partial charge on any atom is 0.242 e. The predicted molar refractivity (Wildman–Crippen MR) is 135 cm³/mol. The minimum atomic E-state index is -2.04. The van der Waals surface area contributed by atoms with Crippen LogP contribution in [0.5, 0.6) is 0 Å². The van der Waals surface area contributed by atoms with Gasteiger partial charge >= 0.3 is 0 Å². The van der Waals surface area contributed by atoms with Gasteiger partial charge in [-0.1, -0.05) is 60.8 Å². The van der Waals surface area contributed by atoms with Crippen LogP contribution in [0.3, 0.4) is 0 Å². The summed E-state index contributed by atoms with van der Waals surface area (Å²) in [6.45, 7) is 19.1. The van der Waals surface area contributed by atoms with Gasteiger partial charge in [0.25, 0.3) is 0 Å². The minimum Gasteiger partial charge on any atom is -0.413 e. The Hall–Kier alpha value is -1.25. The molecule has 7 nitrogen and oxygen atoms in total. The van der Waals surface area contributed by atoms with Crippen molar-refractivity contribution in [2.75, 3.05) is 13.2 Å². The van der Waals surface area contributed by atoms with Gasteiger partial charge in [0.1, 0.15) is 6.04 Å². The lowest BCUT2D eigenvalue weighted by molar-refractivity contribution is -0.133. The number of epoxide rings is 1. The van der Waals surface area contributed by atoms with Gasteiger partial charge in [0.15, 0.2) is 19.7 Å². The number of rotatable bonds is 15. The van der Waals surface area contributed by atoms with Gasteiger partial charge in [-0.05, 0) is 43.8 Å². The van der Waals surface area contributed by atoms with Crippen LogP contribution >= 0.6 is 0 Å². The zero-order valence-corrected chi connectivity index (χ0v) is 23.4. The van der Waals surface area contributed by atoms with Gasteiger partial charge in [0.2, 0.25) is 11.8 Å². The lowest BCUT2D eigenvalue weighted by Gasteiger charge is -2.37. The first-order chi connectivity index (χ1) is 15.1. The normalized spacial score (nSPS) is 20.3. The molecule has 192 valence electrons. The second-order valence-electron chi connectivity index (χ2n) is 11.5. The van der Waals surface area contributed by atoms with Gasteiger partial charge in [-0.15, -0.1) is 0 Å². The van der Waals surface area contributed by atoms with Crippen LogP contribution in [0.1, 0.15) is 87.0 Å². The van der Waals surface area contributed by atoms with Crippen LogP contribution in [0.4, 0.5) is 0 Å². The van der Waals surface area contributed by atoms with Gasteiger partial charge in [-0.3, -0.25) is 14.4 Å². The first-order valence-electron chi connectivity index (χ1n) is 12.6. The van der Waals surface area contributed by atoms with Gasteiger partial charge < -0.3 is 19.8 Å². The molecule has 0 spiro atoms. The van der Waals surface area contributed by atoms with Crippen LogP contribution in [0.15, 0.2) is 0 Å². The molecule has 0 aliphatic carbocycles. The Morgan fingerprint density at radius 2 is 1.67 bits per heavy atom. The predicted octanol–water partition coefficient (Wildman–Crippen LogP) is 4.35. The summed E-state index contributed by atoms with van der Waals surface area (Å²) in [5, 5.41) is 5.66. The SMILES string of the molecule is CCCCCCC(=O)NC(C)C(=O)NC(CC(C)C)C(=O)C1(CO[Si](C)(C)C(C)(C)C)CO1.